The quantitative estimate of drug-likeness (QED) is 0.783. The Morgan fingerprint density at radius 3 is 2.54 bits per heavy atom. The summed E-state index contributed by atoms with van der Waals surface area (Å²) in [5, 5.41) is 2.98. The van der Waals surface area contributed by atoms with Crippen molar-refractivity contribution in [2.75, 3.05) is 18.0 Å². The van der Waals surface area contributed by atoms with E-state index in [0.29, 0.717) is 0 Å². The highest BCUT2D eigenvalue weighted by Gasteiger charge is 2.22. The number of carbonyl (C=O) groups is 1. The van der Waals surface area contributed by atoms with E-state index in [4.69, 9.17) is 4.74 Å². The molecular weight excluding hydrogens is 355 g/mol. The molecule has 0 aliphatic carbocycles. The summed E-state index contributed by atoms with van der Waals surface area (Å²) in [6.07, 6.45) is 3.54. The van der Waals surface area contributed by atoms with E-state index >= 15 is 0 Å². The molecule has 1 saturated heterocycles. The number of carbonyl (C=O) groups excluding carboxylic acids is 1. The Bertz CT molecular complexity index is 825. The van der Waals surface area contributed by atoms with Crippen LogP contribution in [0, 0.1) is 5.82 Å². The van der Waals surface area contributed by atoms with Gasteiger partial charge in [-0.1, -0.05) is 24.3 Å². The fraction of sp³-hybridized carbons (Fsp3) is 0.348. The number of halogens is 1. The summed E-state index contributed by atoms with van der Waals surface area (Å²) >= 11 is 0. The van der Waals surface area contributed by atoms with Gasteiger partial charge in [0.2, 0.25) is 5.91 Å². The van der Waals surface area contributed by atoms with Gasteiger partial charge in [0.05, 0.1) is 18.2 Å². The van der Waals surface area contributed by atoms with Gasteiger partial charge in [-0.3, -0.25) is 4.79 Å². The highest BCUT2D eigenvalue weighted by Crippen LogP contribution is 2.24. The molecule has 28 heavy (non-hydrogen) atoms. The Morgan fingerprint density at radius 2 is 1.86 bits per heavy atom. The number of hydrogen-bond acceptors (Lipinski definition) is 3. The minimum atomic E-state index is -0.292. The molecule has 3 atom stereocenters. The Balaban J connectivity index is 1.63. The first-order chi connectivity index (χ1) is 13.4. The first kappa shape index (κ1) is 20.1. The van der Waals surface area contributed by atoms with Crippen LogP contribution in [0.2, 0.25) is 0 Å². The van der Waals surface area contributed by atoms with Crippen LogP contribution in [0.3, 0.4) is 0 Å². The number of rotatable bonds is 5. The number of nitrogens with zero attached hydrogens (tertiary/aromatic N) is 1. The third-order valence-corrected chi connectivity index (χ3v) is 4.81. The van der Waals surface area contributed by atoms with Crippen LogP contribution in [0.5, 0.6) is 0 Å². The van der Waals surface area contributed by atoms with Gasteiger partial charge in [0.1, 0.15) is 5.82 Å². The number of nitrogens with one attached hydrogen (secondary N) is 1. The zero-order valence-electron chi connectivity index (χ0n) is 16.6. The Morgan fingerprint density at radius 1 is 1.18 bits per heavy atom. The van der Waals surface area contributed by atoms with Crippen LogP contribution < -0.4 is 10.2 Å². The van der Waals surface area contributed by atoms with Gasteiger partial charge < -0.3 is 15.0 Å². The predicted octanol–water partition coefficient (Wildman–Crippen LogP) is 4.33. The molecule has 148 valence electrons. The number of morpholine rings is 1. The van der Waals surface area contributed by atoms with Crippen molar-refractivity contribution in [3.8, 4) is 0 Å². The SMILES string of the molecule is CC1CN(c2cccc(C(C)NC(=O)/C=C/c3ccc(F)cc3)c2)CC(C)O1. The molecule has 3 unspecified atom stereocenters. The van der Waals surface area contributed by atoms with Crippen LogP contribution in [0.15, 0.2) is 54.6 Å². The molecule has 2 aromatic rings. The monoisotopic (exact) mass is 382 g/mol. The lowest BCUT2D eigenvalue weighted by atomic mass is 10.1. The number of amides is 1. The third-order valence-electron chi connectivity index (χ3n) is 4.81. The van der Waals surface area contributed by atoms with Gasteiger partial charge in [0.25, 0.3) is 0 Å². The number of hydrogen-bond donors (Lipinski definition) is 1. The van der Waals surface area contributed by atoms with Crippen molar-refractivity contribution in [3.63, 3.8) is 0 Å². The standard InChI is InChI=1S/C23H27FN2O2/c1-16-14-26(15-17(2)28-16)22-6-4-5-20(13-22)18(3)25-23(27)12-9-19-7-10-21(24)11-8-19/h4-13,16-18H,14-15H2,1-3H3,(H,25,27)/b12-9+. The molecule has 1 aliphatic heterocycles. The van der Waals surface area contributed by atoms with Crippen molar-refractivity contribution < 1.29 is 13.9 Å². The molecule has 1 aliphatic rings. The van der Waals surface area contributed by atoms with Gasteiger partial charge in [-0.2, -0.15) is 0 Å². The van der Waals surface area contributed by atoms with E-state index < -0.39 is 0 Å². The second kappa shape index (κ2) is 9.02. The molecule has 0 radical (unpaired) electrons. The highest BCUT2D eigenvalue weighted by atomic mass is 19.1. The first-order valence-corrected chi connectivity index (χ1v) is 9.65. The van der Waals surface area contributed by atoms with Gasteiger partial charge >= 0.3 is 0 Å². The molecule has 1 N–H and O–H groups in total. The summed E-state index contributed by atoms with van der Waals surface area (Å²) in [6, 6.07) is 14.2. The molecule has 2 aromatic carbocycles. The van der Waals surface area contributed by atoms with Gasteiger partial charge in [-0.25, -0.2) is 4.39 Å². The normalized spacial score (nSPS) is 20.9. The van der Waals surface area contributed by atoms with Crippen molar-refractivity contribution in [1.82, 2.24) is 5.32 Å². The van der Waals surface area contributed by atoms with Crippen LogP contribution in [0.25, 0.3) is 6.08 Å². The predicted molar refractivity (Wildman–Crippen MR) is 111 cm³/mol. The van der Waals surface area contributed by atoms with Crippen LogP contribution >= 0.6 is 0 Å². The molecule has 1 heterocycles. The summed E-state index contributed by atoms with van der Waals surface area (Å²) in [4.78, 5) is 14.6. The molecule has 0 bridgehead atoms. The van der Waals surface area contributed by atoms with Gasteiger partial charge in [-0.15, -0.1) is 0 Å². The van der Waals surface area contributed by atoms with E-state index in [1.54, 1.807) is 18.2 Å². The molecule has 1 fully saturated rings. The highest BCUT2D eigenvalue weighted by molar-refractivity contribution is 5.92. The van der Waals surface area contributed by atoms with Gasteiger partial charge in [0.15, 0.2) is 0 Å². The summed E-state index contributed by atoms with van der Waals surface area (Å²) in [5.74, 6) is -0.477. The summed E-state index contributed by atoms with van der Waals surface area (Å²) in [6.45, 7) is 7.85. The molecular formula is C23H27FN2O2. The van der Waals surface area contributed by atoms with Gasteiger partial charge in [0, 0.05) is 24.9 Å². The molecule has 5 heteroatoms. The summed E-state index contributed by atoms with van der Waals surface area (Å²) in [7, 11) is 0. The van der Waals surface area contributed by atoms with Crippen molar-refractivity contribution in [1.29, 1.82) is 0 Å². The minimum absolute atomic E-state index is 0.124. The second-order valence-electron chi connectivity index (χ2n) is 7.37. The van der Waals surface area contributed by atoms with E-state index in [9.17, 15) is 9.18 Å². The van der Waals surface area contributed by atoms with E-state index in [-0.39, 0.29) is 30.0 Å². The lowest BCUT2D eigenvalue weighted by Crippen LogP contribution is -2.45. The van der Waals surface area contributed by atoms with E-state index in [0.717, 1.165) is 29.9 Å². The van der Waals surface area contributed by atoms with Crippen LogP contribution in [-0.2, 0) is 9.53 Å². The van der Waals surface area contributed by atoms with E-state index in [1.165, 1.54) is 18.2 Å². The van der Waals surface area contributed by atoms with E-state index in [2.05, 4.69) is 36.2 Å². The van der Waals surface area contributed by atoms with Gasteiger partial charge in [-0.05, 0) is 62.2 Å². The van der Waals surface area contributed by atoms with Crippen molar-refractivity contribution >= 4 is 17.7 Å². The summed E-state index contributed by atoms with van der Waals surface area (Å²) < 4.78 is 18.8. The Kier molecular flexibility index (Phi) is 6.47. The maximum Gasteiger partial charge on any atom is 0.244 e. The number of ether oxygens (including phenoxy) is 1. The average molecular weight is 382 g/mol. The minimum Gasteiger partial charge on any atom is -0.372 e. The number of anilines is 1. The molecule has 1 amide bonds. The Hall–Kier alpha value is -2.66. The van der Waals surface area contributed by atoms with Crippen LogP contribution in [0.1, 0.15) is 37.9 Å². The Labute approximate surface area is 166 Å². The van der Waals surface area contributed by atoms with Crippen molar-refractivity contribution in [3.05, 3.63) is 71.6 Å². The van der Waals surface area contributed by atoms with Crippen LogP contribution in [-0.4, -0.2) is 31.2 Å². The maximum absolute atomic E-state index is 12.9. The topological polar surface area (TPSA) is 41.6 Å². The smallest absolute Gasteiger partial charge is 0.244 e. The molecule has 0 aromatic heterocycles. The fourth-order valence-electron chi connectivity index (χ4n) is 3.47. The number of benzene rings is 2. The first-order valence-electron chi connectivity index (χ1n) is 9.65. The largest absolute Gasteiger partial charge is 0.372 e. The van der Waals surface area contributed by atoms with Crippen LogP contribution in [0.4, 0.5) is 10.1 Å². The zero-order valence-corrected chi connectivity index (χ0v) is 16.6. The van der Waals surface area contributed by atoms with Crippen molar-refractivity contribution in [2.45, 2.75) is 39.0 Å². The second-order valence-corrected chi connectivity index (χ2v) is 7.37. The lowest BCUT2D eigenvalue weighted by molar-refractivity contribution is -0.117. The molecule has 0 saturated carbocycles. The molecule has 4 nitrogen and oxygen atoms in total. The fourth-order valence-corrected chi connectivity index (χ4v) is 3.47. The lowest BCUT2D eigenvalue weighted by Gasteiger charge is -2.37. The molecule has 3 rings (SSSR count). The molecule has 0 spiro atoms. The zero-order chi connectivity index (χ0) is 20.1. The van der Waals surface area contributed by atoms with Crippen molar-refractivity contribution in [2.24, 2.45) is 0 Å². The third kappa shape index (κ3) is 5.42. The summed E-state index contributed by atoms with van der Waals surface area (Å²) in [5.41, 5.74) is 2.97. The van der Waals surface area contributed by atoms with E-state index in [1.807, 2.05) is 19.1 Å². The maximum atomic E-state index is 12.9. The average Bonchev–Trinajstić information content (AvgIpc) is 2.67.